The topological polar surface area (TPSA) is 78.5 Å². The predicted molar refractivity (Wildman–Crippen MR) is 111 cm³/mol. The molecule has 6 nitrogen and oxygen atoms in total. The number of hydrogen-bond donors (Lipinski definition) is 2. The molecule has 152 valence electrons. The molecule has 2 N–H and O–H groups in total. The summed E-state index contributed by atoms with van der Waals surface area (Å²) in [5.74, 6) is 0. The minimum absolute atomic E-state index is 0.286. The zero-order valence-corrected chi connectivity index (χ0v) is 17.5. The molecule has 7 heteroatoms. The van der Waals surface area contributed by atoms with Gasteiger partial charge in [0.25, 0.3) is 10.0 Å². The number of rotatable bonds is 4. The highest BCUT2D eigenvalue weighted by Gasteiger charge is 2.32. The lowest BCUT2D eigenvalue weighted by atomic mass is 9.98. The van der Waals surface area contributed by atoms with Crippen LogP contribution in [0.2, 0.25) is 0 Å². The van der Waals surface area contributed by atoms with E-state index in [1.807, 2.05) is 20.0 Å². The average molecular weight is 404 g/mol. The molecule has 3 aliphatic rings. The second-order valence-electron chi connectivity index (χ2n) is 8.51. The van der Waals surface area contributed by atoms with E-state index in [1.54, 1.807) is 6.08 Å². The molecule has 1 aromatic carbocycles. The molecular weight excluding hydrogens is 374 g/mol. The number of benzene rings is 1. The van der Waals surface area contributed by atoms with Gasteiger partial charge in [0.1, 0.15) is 0 Å². The average Bonchev–Trinajstić information content (AvgIpc) is 3.33. The van der Waals surface area contributed by atoms with Crippen molar-refractivity contribution in [3.63, 3.8) is 0 Å². The molecule has 0 unspecified atom stereocenters. The summed E-state index contributed by atoms with van der Waals surface area (Å²) in [6.07, 6.45) is 10.0. The molecule has 2 amide bonds. The number of likely N-dealkylation sites (N-methyl/N-ethyl adjacent to an activating group) is 1. The number of carbonyl (C=O) groups excluding carboxylic acids is 1. The highest BCUT2D eigenvalue weighted by Crippen LogP contribution is 2.38. The van der Waals surface area contributed by atoms with Gasteiger partial charge in [0.15, 0.2) is 0 Å². The molecule has 0 radical (unpaired) electrons. The van der Waals surface area contributed by atoms with Gasteiger partial charge in [0.2, 0.25) is 0 Å². The number of sulfonamides is 1. The first-order valence-corrected chi connectivity index (χ1v) is 11.7. The van der Waals surface area contributed by atoms with Crippen LogP contribution in [0.15, 0.2) is 17.6 Å². The number of anilines is 1. The van der Waals surface area contributed by atoms with Crippen molar-refractivity contribution in [1.82, 2.24) is 9.62 Å². The molecule has 1 atom stereocenters. The summed E-state index contributed by atoms with van der Waals surface area (Å²) in [5.41, 5.74) is 5.81. The smallest absolute Gasteiger partial charge is 0.307 e. The van der Waals surface area contributed by atoms with E-state index >= 15 is 0 Å². The van der Waals surface area contributed by atoms with Crippen molar-refractivity contribution < 1.29 is 13.2 Å². The molecule has 28 heavy (non-hydrogen) atoms. The van der Waals surface area contributed by atoms with Gasteiger partial charge >= 0.3 is 6.03 Å². The second kappa shape index (κ2) is 7.19. The van der Waals surface area contributed by atoms with Gasteiger partial charge in [-0.1, -0.05) is 6.08 Å². The van der Waals surface area contributed by atoms with Crippen LogP contribution in [-0.2, 0) is 35.7 Å². The van der Waals surface area contributed by atoms with E-state index in [9.17, 15) is 13.2 Å². The molecule has 1 fully saturated rings. The Hall–Kier alpha value is -1.86. The number of likely N-dealkylation sites (tertiary alicyclic amines) is 1. The lowest BCUT2D eigenvalue weighted by Gasteiger charge is -2.28. The molecule has 4 rings (SSSR count). The fourth-order valence-electron chi connectivity index (χ4n) is 4.90. The van der Waals surface area contributed by atoms with Gasteiger partial charge in [-0.15, -0.1) is 0 Å². The zero-order valence-electron chi connectivity index (χ0n) is 16.7. The van der Waals surface area contributed by atoms with Crippen LogP contribution in [-0.4, -0.2) is 38.5 Å². The molecule has 1 saturated heterocycles. The molecular formula is C21H29N3O3S. The third-order valence-corrected chi connectivity index (χ3v) is 7.59. The second-order valence-corrected chi connectivity index (χ2v) is 10.1. The number of urea groups is 1. The Morgan fingerprint density at radius 3 is 2.57 bits per heavy atom. The van der Waals surface area contributed by atoms with Crippen molar-refractivity contribution in [3.8, 4) is 0 Å². The van der Waals surface area contributed by atoms with E-state index in [4.69, 9.17) is 0 Å². The molecule has 0 saturated carbocycles. The number of carbonyl (C=O) groups is 1. The Bertz CT molecular complexity index is 939. The van der Waals surface area contributed by atoms with Crippen LogP contribution in [0.3, 0.4) is 0 Å². The van der Waals surface area contributed by atoms with Crippen LogP contribution in [0, 0.1) is 0 Å². The Balaban J connectivity index is 1.47. The normalized spacial score (nSPS) is 24.5. The lowest BCUT2D eigenvalue weighted by Crippen LogP contribution is -2.37. The highest BCUT2D eigenvalue weighted by atomic mass is 32.2. The van der Waals surface area contributed by atoms with E-state index in [0.29, 0.717) is 0 Å². The van der Waals surface area contributed by atoms with Crippen LogP contribution in [0.1, 0.15) is 54.9 Å². The summed E-state index contributed by atoms with van der Waals surface area (Å²) < 4.78 is 26.9. The van der Waals surface area contributed by atoms with Crippen LogP contribution < -0.4 is 10.0 Å². The Labute approximate surface area is 167 Å². The third kappa shape index (κ3) is 3.70. The van der Waals surface area contributed by atoms with Crippen LogP contribution in [0.4, 0.5) is 10.5 Å². The Kier molecular flexibility index (Phi) is 5.00. The van der Waals surface area contributed by atoms with Crippen LogP contribution in [0.25, 0.3) is 0 Å². The monoisotopic (exact) mass is 403 g/mol. The quantitative estimate of drug-likeness (QED) is 0.810. The first-order chi connectivity index (χ1) is 13.3. The number of aryl methyl sites for hydroxylation is 1. The summed E-state index contributed by atoms with van der Waals surface area (Å²) in [6, 6.07) is 1.35. The summed E-state index contributed by atoms with van der Waals surface area (Å²) in [4.78, 5) is 14.6. The fraction of sp³-hybridized carbons (Fsp3) is 0.571. The van der Waals surface area contributed by atoms with Crippen molar-refractivity contribution >= 4 is 21.7 Å². The fourth-order valence-corrected chi connectivity index (χ4v) is 5.75. The number of nitrogens with one attached hydrogen (secondary N) is 2. The molecule has 1 aliphatic heterocycles. The molecule has 2 aliphatic carbocycles. The molecule has 0 spiro atoms. The Morgan fingerprint density at radius 2 is 1.82 bits per heavy atom. The lowest BCUT2D eigenvalue weighted by molar-refractivity contribution is 0.251. The van der Waals surface area contributed by atoms with E-state index in [0.717, 1.165) is 69.0 Å². The van der Waals surface area contributed by atoms with Gasteiger partial charge in [-0.2, -0.15) is 0 Å². The van der Waals surface area contributed by atoms with E-state index in [-0.39, 0.29) is 5.54 Å². The number of hydrogen-bond acceptors (Lipinski definition) is 4. The van der Waals surface area contributed by atoms with Crippen LogP contribution >= 0.6 is 0 Å². The number of nitrogens with zero attached hydrogens (tertiary/aromatic N) is 1. The molecule has 1 heterocycles. The number of amides is 2. The maximum Gasteiger partial charge on any atom is 0.333 e. The van der Waals surface area contributed by atoms with Crippen molar-refractivity contribution in [2.24, 2.45) is 0 Å². The summed E-state index contributed by atoms with van der Waals surface area (Å²) in [7, 11) is -1.86. The van der Waals surface area contributed by atoms with E-state index < -0.39 is 16.1 Å². The van der Waals surface area contributed by atoms with Gasteiger partial charge < -0.3 is 5.32 Å². The molecule has 1 aromatic rings. The Morgan fingerprint density at radius 1 is 1.11 bits per heavy atom. The van der Waals surface area contributed by atoms with Crippen molar-refractivity contribution in [3.05, 3.63) is 39.8 Å². The van der Waals surface area contributed by atoms with E-state index in [2.05, 4.69) is 14.9 Å². The minimum atomic E-state index is -3.84. The SMILES string of the molecule is CN1CCC[C@]1(C)/C=C/S(=O)(=O)NC(=O)Nc1cc2c(c3c1CCC3)CCC2. The van der Waals surface area contributed by atoms with Crippen molar-refractivity contribution in [2.45, 2.75) is 63.8 Å². The molecule has 0 bridgehead atoms. The van der Waals surface area contributed by atoms with Gasteiger partial charge in [0, 0.05) is 16.6 Å². The first-order valence-electron chi connectivity index (χ1n) is 10.2. The number of fused-ring (bicyclic) bond motifs is 3. The predicted octanol–water partition coefficient (Wildman–Crippen LogP) is 3.11. The van der Waals surface area contributed by atoms with Gasteiger partial charge in [0.05, 0.1) is 0 Å². The van der Waals surface area contributed by atoms with Gasteiger partial charge in [-0.3, -0.25) is 4.90 Å². The van der Waals surface area contributed by atoms with Crippen LogP contribution in [0.5, 0.6) is 0 Å². The third-order valence-electron chi connectivity index (χ3n) is 6.62. The first kappa shape index (κ1) is 19.5. The summed E-state index contributed by atoms with van der Waals surface area (Å²) in [5, 5.41) is 3.93. The van der Waals surface area contributed by atoms with Crippen molar-refractivity contribution in [1.29, 1.82) is 0 Å². The zero-order chi connectivity index (χ0) is 19.9. The largest absolute Gasteiger partial charge is 0.333 e. The maximum absolute atomic E-state index is 12.4. The summed E-state index contributed by atoms with van der Waals surface area (Å²) >= 11 is 0. The van der Waals surface area contributed by atoms with Crippen molar-refractivity contribution in [2.75, 3.05) is 18.9 Å². The minimum Gasteiger partial charge on any atom is -0.307 e. The highest BCUT2D eigenvalue weighted by molar-refractivity contribution is 7.92. The molecule has 0 aromatic heterocycles. The van der Waals surface area contributed by atoms with E-state index in [1.165, 1.54) is 22.3 Å². The van der Waals surface area contributed by atoms with Gasteiger partial charge in [-0.25, -0.2) is 17.9 Å². The standard InChI is InChI=1S/C21H29N3O3S/c1-21(10-5-12-24(21)2)11-13-28(26,27)23-20(25)22-19-14-15-6-3-7-16(15)17-8-4-9-18(17)19/h11,13-14H,3-10,12H2,1-2H3,(H2,22,23,25)/b13-11+/t21-/m1/s1. The summed E-state index contributed by atoms with van der Waals surface area (Å²) in [6.45, 7) is 2.96. The maximum atomic E-state index is 12.4. The van der Waals surface area contributed by atoms with Gasteiger partial charge in [-0.05, 0) is 100 Å².